The summed E-state index contributed by atoms with van der Waals surface area (Å²) >= 11 is 8.70. The highest BCUT2D eigenvalue weighted by Gasteiger charge is 2.23. The molecule has 1 unspecified atom stereocenters. The number of thiophene rings is 1. The molecule has 0 radical (unpaired) electrons. The van der Waals surface area contributed by atoms with Gasteiger partial charge in [0.05, 0.1) is 16.7 Å². The number of hydrogen-bond donors (Lipinski definition) is 1. The van der Waals surface area contributed by atoms with E-state index in [1.807, 2.05) is 18.2 Å². The number of benzene rings is 1. The highest BCUT2D eigenvalue weighted by atomic mass is 79.9. The third-order valence-electron chi connectivity index (χ3n) is 2.61. The number of hydrogen-bond acceptors (Lipinski definition) is 3. The molecule has 2 heterocycles. The molecule has 1 aliphatic rings. The van der Waals surface area contributed by atoms with Gasteiger partial charge in [-0.2, -0.15) is 0 Å². The minimum Gasteiger partial charge on any atom is -0.480 e. The fraction of sp³-hybridized carbons (Fsp3) is 0.167. The zero-order valence-electron chi connectivity index (χ0n) is 8.74. The van der Waals surface area contributed by atoms with Crippen LogP contribution < -0.4 is 10.1 Å². The van der Waals surface area contributed by atoms with Crippen molar-refractivity contribution >= 4 is 48.9 Å². The van der Waals surface area contributed by atoms with Crippen molar-refractivity contribution < 1.29 is 4.74 Å². The van der Waals surface area contributed by atoms with Crippen LogP contribution in [0.3, 0.4) is 0 Å². The van der Waals surface area contributed by atoms with Crippen LogP contribution in [-0.4, -0.2) is 6.54 Å². The highest BCUT2D eigenvalue weighted by Crippen LogP contribution is 2.41. The number of ether oxygens (including phenoxy) is 1. The first-order valence-electron chi connectivity index (χ1n) is 5.17. The second-order valence-corrected chi connectivity index (χ2v) is 6.48. The summed E-state index contributed by atoms with van der Waals surface area (Å²) in [5, 5.41) is 5.48. The minimum atomic E-state index is 0.0810. The molecule has 0 bridgehead atoms. The molecular formula is C12H9Br2NOS. The van der Waals surface area contributed by atoms with E-state index in [1.54, 1.807) is 11.3 Å². The van der Waals surface area contributed by atoms with Crippen LogP contribution in [0.5, 0.6) is 5.75 Å². The number of para-hydroxylation sites is 1. The molecule has 0 spiro atoms. The first-order valence-corrected chi connectivity index (χ1v) is 7.63. The molecule has 2 nitrogen and oxygen atoms in total. The van der Waals surface area contributed by atoms with E-state index in [0.717, 1.165) is 26.9 Å². The molecule has 0 saturated heterocycles. The van der Waals surface area contributed by atoms with Crippen molar-refractivity contribution in [1.82, 2.24) is 0 Å². The molecule has 5 heteroatoms. The van der Waals surface area contributed by atoms with Crippen molar-refractivity contribution in [3.63, 3.8) is 0 Å². The molecule has 0 saturated carbocycles. The van der Waals surface area contributed by atoms with Crippen LogP contribution in [0.25, 0.3) is 0 Å². The first-order chi connectivity index (χ1) is 8.24. The normalized spacial score (nSPS) is 18.1. The lowest BCUT2D eigenvalue weighted by Gasteiger charge is -2.27. The summed E-state index contributed by atoms with van der Waals surface area (Å²) in [5.41, 5.74) is 1.05. The number of halogens is 2. The number of fused-ring (bicyclic) bond motifs is 1. The fourth-order valence-corrected chi connectivity index (χ4v) is 3.74. The molecule has 0 aliphatic carbocycles. The van der Waals surface area contributed by atoms with E-state index in [0.29, 0.717) is 0 Å². The van der Waals surface area contributed by atoms with Crippen LogP contribution in [0.2, 0.25) is 0 Å². The Morgan fingerprint density at radius 2 is 2.24 bits per heavy atom. The Kier molecular flexibility index (Phi) is 3.15. The maximum Gasteiger partial charge on any atom is 0.157 e. The van der Waals surface area contributed by atoms with Gasteiger partial charge in [0.2, 0.25) is 0 Å². The van der Waals surface area contributed by atoms with Gasteiger partial charge in [-0.1, -0.05) is 6.07 Å². The largest absolute Gasteiger partial charge is 0.480 e. The Labute approximate surface area is 120 Å². The predicted octanol–water partition coefficient (Wildman–Crippen LogP) is 4.82. The summed E-state index contributed by atoms with van der Waals surface area (Å²) in [7, 11) is 0. The van der Waals surface area contributed by atoms with Gasteiger partial charge in [-0.05, 0) is 50.1 Å². The predicted molar refractivity (Wildman–Crippen MR) is 78.0 cm³/mol. The second kappa shape index (κ2) is 4.63. The topological polar surface area (TPSA) is 21.3 Å². The van der Waals surface area contributed by atoms with Crippen LogP contribution in [0, 0.1) is 0 Å². The third kappa shape index (κ3) is 2.23. The summed E-state index contributed by atoms with van der Waals surface area (Å²) in [4.78, 5) is 1.23. The number of anilines is 1. The molecule has 1 atom stereocenters. The van der Waals surface area contributed by atoms with Gasteiger partial charge in [0.1, 0.15) is 0 Å². The molecule has 1 N–H and O–H groups in total. The van der Waals surface area contributed by atoms with Crippen molar-refractivity contribution in [2.45, 2.75) is 6.10 Å². The lowest BCUT2D eigenvalue weighted by molar-refractivity contribution is 0.212. The zero-order valence-corrected chi connectivity index (χ0v) is 12.7. The Balaban J connectivity index is 1.92. The van der Waals surface area contributed by atoms with E-state index < -0.39 is 0 Å². The Morgan fingerprint density at radius 1 is 1.35 bits per heavy atom. The second-order valence-electron chi connectivity index (χ2n) is 3.77. The van der Waals surface area contributed by atoms with E-state index in [1.165, 1.54) is 4.88 Å². The molecule has 0 fully saturated rings. The van der Waals surface area contributed by atoms with Gasteiger partial charge in [-0.15, -0.1) is 11.3 Å². The molecule has 1 aliphatic heterocycles. The molecule has 3 rings (SSSR count). The summed E-state index contributed by atoms with van der Waals surface area (Å²) in [5.74, 6) is 0.897. The first kappa shape index (κ1) is 11.6. The quantitative estimate of drug-likeness (QED) is 0.772. The van der Waals surface area contributed by atoms with Crippen LogP contribution in [0.4, 0.5) is 5.69 Å². The molecular weight excluding hydrogens is 366 g/mol. The van der Waals surface area contributed by atoms with E-state index in [9.17, 15) is 0 Å². The maximum atomic E-state index is 6.04. The summed E-state index contributed by atoms with van der Waals surface area (Å²) in [6.07, 6.45) is 0.0810. The molecule has 17 heavy (non-hydrogen) atoms. The fourth-order valence-electron chi connectivity index (χ4n) is 1.81. The van der Waals surface area contributed by atoms with Crippen molar-refractivity contribution in [3.8, 4) is 5.75 Å². The average Bonchev–Trinajstić information content (AvgIpc) is 2.76. The standard InChI is InChI=1S/C12H9Br2NOS/c13-7-4-11(17-6-7)10-5-15-9-3-1-2-8(14)12(9)16-10/h1-4,6,10,15H,5H2. The van der Waals surface area contributed by atoms with Crippen LogP contribution in [-0.2, 0) is 0 Å². The summed E-state index contributed by atoms with van der Waals surface area (Å²) < 4.78 is 8.14. The Bertz CT molecular complexity index is 555. The highest BCUT2D eigenvalue weighted by molar-refractivity contribution is 9.10. The monoisotopic (exact) mass is 373 g/mol. The molecule has 2 aromatic rings. The van der Waals surface area contributed by atoms with Gasteiger partial charge in [0, 0.05) is 14.7 Å². The molecule has 1 aromatic heterocycles. The van der Waals surface area contributed by atoms with Crippen LogP contribution in [0.1, 0.15) is 11.0 Å². The third-order valence-corrected chi connectivity index (χ3v) is 5.02. The van der Waals surface area contributed by atoms with Gasteiger partial charge in [0.15, 0.2) is 11.9 Å². The van der Waals surface area contributed by atoms with E-state index in [4.69, 9.17) is 4.74 Å². The van der Waals surface area contributed by atoms with Crippen LogP contribution >= 0.6 is 43.2 Å². The SMILES string of the molecule is Brc1csc(C2CNc3cccc(Br)c3O2)c1. The van der Waals surface area contributed by atoms with Crippen LogP contribution in [0.15, 0.2) is 38.6 Å². The number of rotatable bonds is 1. The average molecular weight is 375 g/mol. The minimum absolute atomic E-state index is 0.0810. The Hall–Kier alpha value is -0.520. The van der Waals surface area contributed by atoms with E-state index in [-0.39, 0.29) is 6.10 Å². The van der Waals surface area contributed by atoms with Gasteiger partial charge >= 0.3 is 0 Å². The van der Waals surface area contributed by atoms with Crippen molar-refractivity contribution in [2.24, 2.45) is 0 Å². The summed E-state index contributed by atoms with van der Waals surface area (Å²) in [6.45, 7) is 0.802. The van der Waals surface area contributed by atoms with Gasteiger partial charge in [-0.3, -0.25) is 0 Å². The lowest BCUT2D eigenvalue weighted by atomic mass is 10.2. The maximum absolute atomic E-state index is 6.04. The van der Waals surface area contributed by atoms with E-state index in [2.05, 4.69) is 48.6 Å². The van der Waals surface area contributed by atoms with E-state index >= 15 is 0 Å². The smallest absolute Gasteiger partial charge is 0.157 e. The van der Waals surface area contributed by atoms with Crippen molar-refractivity contribution in [3.05, 3.63) is 43.5 Å². The molecule has 1 aromatic carbocycles. The van der Waals surface area contributed by atoms with Crippen molar-refractivity contribution in [2.75, 3.05) is 11.9 Å². The van der Waals surface area contributed by atoms with Crippen molar-refractivity contribution in [1.29, 1.82) is 0 Å². The lowest BCUT2D eigenvalue weighted by Crippen LogP contribution is -2.23. The van der Waals surface area contributed by atoms with Gasteiger partial charge < -0.3 is 10.1 Å². The Morgan fingerprint density at radius 3 is 3.00 bits per heavy atom. The van der Waals surface area contributed by atoms with Gasteiger partial charge in [0.25, 0.3) is 0 Å². The number of nitrogens with one attached hydrogen (secondary N) is 1. The molecule has 0 amide bonds. The zero-order chi connectivity index (χ0) is 11.8. The summed E-state index contributed by atoms with van der Waals surface area (Å²) in [6, 6.07) is 8.13. The molecule has 88 valence electrons. The van der Waals surface area contributed by atoms with Gasteiger partial charge in [-0.25, -0.2) is 0 Å².